The molecule has 2 heterocycles. The number of H-pyrrole nitrogens is 1. The van der Waals surface area contributed by atoms with Gasteiger partial charge in [-0.25, -0.2) is 0 Å². The first-order valence-electron chi connectivity index (χ1n) is 10.1. The number of benzene rings is 2. The van der Waals surface area contributed by atoms with E-state index in [9.17, 15) is 4.79 Å². The number of amides is 1. The molecule has 0 aliphatic rings. The van der Waals surface area contributed by atoms with Crippen LogP contribution < -0.4 is 5.32 Å². The number of carbonyl (C=O) groups is 1. The fourth-order valence-corrected chi connectivity index (χ4v) is 4.30. The Kier molecular flexibility index (Phi) is 6.27. The van der Waals surface area contributed by atoms with Crippen molar-refractivity contribution in [3.8, 4) is 22.5 Å². The standard InChI is InChI=1S/C23H23N7OS/c1-23(2,3)32-18-10-9-17(15-7-5-4-6-8-15)20(22-27-29-30-28-22)21(18)26-19(31)13-16-14-24-11-12-25-16/h4-12,14H,13H2,1-3H3,(H,26,31)(H,27,28,29,30). The molecule has 0 saturated carbocycles. The number of aromatic nitrogens is 6. The van der Waals surface area contributed by atoms with Gasteiger partial charge in [-0.2, -0.15) is 5.21 Å². The summed E-state index contributed by atoms with van der Waals surface area (Å²) in [7, 11) is 0. The highest BCUT2D eigenvalue weighted by atomic mass is 32.2. The van der Waals surface area contributed by atoms with Crippen molar-refractivity contribution in [1.82, 2.24) is 30.6 Å². The van der Waals surface area contributed by atoms with Crippen LogP contribution in [0.4, 0.5) is 5.69 Å². The minimum absolute atomic E-state index is 0.0762. The van der Waals surface area contributed by atoms with Crippen LogP contribution in [0.15, 0.2) is 66.0 Å². The van der Waals surface area contributed by atoms with Gasteiger partial charge in [-0.3, -0.25) is 14.8 Å². The summed E-state index contributed by atoms with van der Waals surface area (Å²) < 4.78 is -0.0762. The number of anilines is 1. The Labute approximate surface area is 190 Å². The first-order chi connectivity index (χ1) is 15.4. The third-order valence-corrected chi connectivity index (χ3v) is 5.63. The van der Waals surface area contributed by atoms with Gasteiger partial charge < -0.3 is 5.32 Å². The maximum atomic E-state index is 13.0. The normalized spacial score (nSPS) is 11.3. The van der Waals surface area contributed by atoms with E-state index < -0.39 is 0 Å². The number of carbonyl (C=O) groups excluding carboxylic acids is 1. The lowest BCUT2D eigenvalue weighted by Gasteiger charge is -2.23. The second-order valence-corrected chi connectivity index (χ2v) is 9.97. The lowest BCUT2D eigenvalue weighted by molar-refractivity contribution is -0.115. The minimum atomic E-state index is -0.198. The molecule has 0 radical (unpaired) electrons. The molecular weight excluding hydrogens is 422 g/mol. The average molecular weight is 446 g/mol. The fraction of sp³-hybridized carbons (Fsp3) is 0.217. The Morgan fingerprint density at radius 3 is 2.56 bits per heavy atom. The van der Waals surface area contributed by atoms with Crippen LogP contribution in [0.2, 0.25) is 0 Å². The third kappa shape index (κ3) is 5.17. The largest absolute Gasteiger partial charge is 0.324 e. The molecule has 4 rings (SSSR count). The lowest BCUT2D eigenvalue weighted by atomic mass is 9.97. The average Bonchev–Trinajstić information content (AvgIpc) is 3.29. The quantitative estimate of drug-likeness (QED) is 0.423. The molecule has 2 aromatic carbocycles. The van der Waals surface area contributed by atoms with Crippen molar-refractivity contribution in [3.63, 3.8) is 0 Å². The molecule has 2 aromatic heterocycles. The smallest absolute Gasteiger partial charge is 0.230 e. The maximum Gasteiger partial charge on any atom is 0.230 e. The highest BCUT2D eigenvalue weighted by molar-refractivity contribution is 8.00. The number of nitrogens with zero attached hydrogens (tertiary/aromatic N) is 5. The van der Waals surface area contributed by atoms with Crippen molar-refractivity contribution in [2.24, 2.45) is 0 Å². The van der Waals surface area contributed by atoms with Crippen molar-refractivity contribution in [2.45, 2.75) is 36.8 Å². The van der Waals surface area contributed by atoms with Gasteiger partial charge >= 0.3 is 0 Å². The van der Waals surface area contributed by atoms with Crippen LogP contribution in [0.25, 0.3) is 22.5 Å². The van der Waals surface area contributed by atoms with Crippen LogP contribution in [0.3, 0.4) is 0 Å². The van der Waals surface area contributed by atoms with Gasteiger partial charge in [0.1, 0.15) is 0 Å². The summed E-state index contributed by atoms with van der Waals surface area (Å²) in [4.78, 5) is 22.2. The first kappa shape index (κ1) is 21.6. The zero-order chi connectivity index (χ0) is 22.6. The molecule has 0 spiro atoms. The summed E-state index contributed by atoms with van der Waals surface area (Å²) in [5, 5.41) is 17.8. The molecule has 0 fully saturated rings. The second-order valence-electron chi connectivity index (χ2n) is 8.10. The molecule has 162 valence electrons. The molecule has 0 aliphatic carbocycles. The summed E-state index contributed by atoms with van der Waals surface area (Å²) in [6, 6.07) is 14.0. The molecule has 2 N–H and O–H groups in total. The van der Waals surface area contributed by atoms with E-state index in [0.717, 1.165) is 16.0 Å². The van der Waals surface area contributed by atoms with Gasteiger partial charge in [0.2, 0.25) is 11.7 Å². The number of nitrogens with one attached hydrogen (secondary N) is 2. The van der Waals surface area contributed by atoms with E-state index in [4.69, 9.17) is 0 Å². The summed E-state index contributed by atoms with van der Waals surface area (Å²) in [6.45, 7) is 6.38. The zero-order valence-electron chi connectivity index (χ0n) is 18.0. The van der Waals surface area contributed by atoms with Gasteiger partial charge in [-0.1, -0.05) is 57.2 Å². The van der Waals surface area contributed by atoms with Crippen LogP contribution in [0.5, 0.6) is 0 Å². The Balaban J connectivity index is 1.84. The topological polar surface area (TPSA) is 109 Å². The predicted octanol–water partition coefficient (Wildman–Crippen LogP) is 4.40. The van der Waals surface area contributed by atoms with Crippen molar-refractivity contribution in [3.05, 3.63) is 66.7 Å². The first-order valence-corrected chi connectivity index (χ1v) is 10.9. The Hall–Kier alpha value is -3.59. The Morgan fingerprint density at radius 1 is 1.09 bits per heavy atom. The molecule has 8 nitrogen and oxygen atoms in total. The predicted molar refractivity (Wildman–Crippen MR) is 125 cm³/mol. The van der Waals surface area contributed by atoms with Crippen LogP contribution in [0, 0.1) is 0 Å². The molecule has 0 saturated heterocycles. The molecule has 1 amide bonds. The van der Waals surface area contributed by atoms with Gasteiger partial charge in [0.15, 0.2) is 0 Å². The Bertz CT molecular complexity index is 1190. The summed E-state index contributed by atoms with van der Waals surface area (Å²) in [6.07, 6.45) is 4.85. The fourth-order valence-electron chi connectivity index (χ4n) is 3.25. The van der Waals surface area contributed by atoms with Crippen LogP contribution in [-0.4, -0.2) is 41.2 Å². The number of hydrogen-bond acceptors (Lipinski definition) is 7. The number of hydrogen-bond donors (Lipinski definition) is 2. The molecular formula is C23H23N7OS. The van der Waals surface area contributed by atoms with Crippen molar-refractivity contribution < 1.29 is 4.79 Å². The minimum Gasteiger partial charge on any atom is -0.324 e. The van der Waals surface area contributed by atoms with E-state index in [1.165, 1.54) is 0 Å². The highest BCUT2D eigenvalue weighted by Crippen LogP contribution is 2.45. The van der Waals surface area contributed by atoms with E-state index in [0.29, 0.717) is 22.8 Å². The van der Waals surface area contributed by atoms with Gasteiger partial charge in [0, 0.05) is 28.2 Å². The summed E-state index contributed by atoms with van der Waals surface area (Å²) in [5.41, 5.74) is 3.85. The number of thioether (sulfide) groups is 1. The molecule has 0 atom stereocenters. The van der Waals surface area contributed by atoms with Crippen LogP contribution in [0.1, 0.15) is 26.5 Å². The highest BCUT2D eigenvalue weighted by Gasteiger charge is 2.24. The van der Waals surface area contributed by atoms with Gasteiger partial charge in [-0.05, 0) is 22.4 Å². The van der Waals surface area contributed by atoms with Crippen molar-refractivity contribution in [2.75, 3.05) is 5.32 Å². The van der Waals surface area contributed by atoms with Crippen molar-refractivity contribution in [1.29, 1.82) is 0 Å². The monoisotopic (exact) mass is 445 g/mol. The maximum absolute atomic E-state index is 13.0. The molecule has 4 aromatic rings. The molecule has 9 heteroatoms. The number of tetrazole rings is 1. The molecule has 0 unspecified atom stereocenters. The zero-order valence-corrected chi connectivity index (χ0v) is 18.8. The van der Waals surface area contributed by atoms with E-state index in [1.807, 2.05) is 42.5 Å². The number of aromatic amines is 1. The molecule has 32 heavy (non-hydrogen) atoms. The number of rotatable bonds is 6. The summed E-state index contributed by atoms with van der Waals surface area (Å²) >= 11 is 1.66. The van der Waals surface area contributed by atoms with Gasteiger partial charge in [-0.15, -0.1) is 22.0 Å². The molecule has 0 aliphatic heterocycles. The third-order valence-electron chi connectivity index (χ3n) is 4.46. The van der Waals surface area contributed by atoms with Crippen LogP contribution in [-0.2, 0) is 11.2 Å². The lowest BCUT2D eigenvalue weighted by Crippen LogP contribution is -2.18. The van der Waals surface area contributed by atoms with Crippen LogP contribution >= 0.6 is 11.8 Å². The summed E-state index contributed by atoms with van der Waals surface area (Å²) in [5.74, 6) is 0.214. The van der Waals surface area contributed by atoms with Crippen molar-refractivity contribution >= 4 is 23.4 Å². The second kappa shape index (κ2) is 9.27. The van der Waals surface area contributed by atoms with E-state index >= 15 is 0 Å². The molecule has 0 bridgehead atoms. The SMILES string of the molecule is CC(C)(C)Sc1ccc(-c2ccccc2)c(-c2nn[nH]n2)c1NC(=O)Cc1cnccn1. The Morgan fingerprint density at radius 2 is 1.91 bits per heavy atom. The van der Waals surface area contributed by atoms with E-state index in [-0.39, 0.29) is 17.1 Å². The van der Waals surface area contributed by atoms with E-state index in [1.54, 1.807) is 30.4 Å². The van der Waals surface area contributed by atoms with Gasteiger partial charge in [0.05, 0.1) is 23.4 Å². The van der Waals surface area contributed by atoms with E-state index in [2.05, 4.69) is 56.7 Å². The van der Waals surface area contributed by atoms with Gasteiger partial charge in [0.25, 0.3) is 0 Å².